The Balaban J connectivity index is 1.91. The second-order valence-corrected chi connectivity index (χ2v) is 38.8. The van der Waals surface area contributed by atoms with Gasteiger partial charge < -0.3 is 0 Å². The van der Waals surface area contributed by atoms with E-state index in [1.807, 2.05) is 0 Å². The van der Waals surface area contributed by atoms with Crippen LogP contribution in [0.15, 0.2) is 121 Å². The van der Waals surface area contributed by atoms with Crippen LogP contribution in [0.2, 0.25) is 0 Å². The Morgan fingerprint density at radius 3 is 0.793 bits per heavy atom. The first-order valence-corrected chi connectivity index (χ1v) is 23.1. The Bertz CT molecular complexity index is 865. The van der Waals surface area contributed by atoms with Gasteiger partial charge in [0, 0.05) is 0 Å². The van der Waals surface area contributed by atoms with Crippen LogP contribution in [-0.2, 0) is 13.0 Å². The molecule has 0 aliphatic heterocycles. The molecule has 0 saturated heterocycles. The van der Waals surface area contributed by atoms with Crippen molar-refractivity contribution >= 4 is 52.1 Å². The van der Waals surface area contributed by atoms with Gasteiger partial charge in [0.05, 0.1) is 0 Å². The van der Waals surface area contributed by atoms with Crippen LogP contribution in [-0.4, -0.2) is 0 Å². The van der Waals surface area contributed by atoms with Gasteiger partial charge in [-0.2, -0.15) is 0 Å². The van der Waals surface area contributed by atoms with Crippen LogP contribution in [0.4, 0.5) is 0 Å². The van der Waals surface area contributed by atoms with Crippen molar-refractivity contribution in [3.8, 4) is 0 Å². The number of rotatable bonds is 6. The zero-order chi connectivity index (χ0) is 20.1. The molecule has 4 aromatic carbocycles. The molecule has 29 heavy (non-hydrogen) atoms. The first kappa shape index (κ1) is 21.2. The molecule has 0 unspecified atom stereocenters. The molecule has 4 aromatic rings. The van der Waals surface area contributed by atoms with E-state index < -0.39 is 25.0 Å². The van der Waals surface area contributed by atoms with Crippen molar-refractivity contribution in [1.82, 2.24) is 0 Å². The van der Waals surface area contributed by atoms with E-state index in [1.165, 1.54) is 21.2 Å². The molecular weight excluding hydrogens is 616 g/mol. The molecule has 150 valence electrons. The van der Waals surface area contributed by atoms with Gasteiger partial charge in [0.15, 0.2) is 0 Å². The third-order valence-electron chi connectivity index (χ3n) is 4.21. The molecule has 0 N–H and O–H groups in total. The van der Waals surface area contributed by atoms with Gasteiger partial charge in [-0.1, -0.05) is 0 Å². The number of halogens is 2. The maximum atomic E-state index is 7.61. The Morgan fingerprint density at radius 2 is 0.586 bits per heavy atom. The van der Waals surface area contributed by atoms with Crippen LogP contribution in [0.25, 0.3) is 0 Å². The fourth-order valence-corrected chi connectivity index (χ4v) is 42.4. The van der Waals surface area contributed by atoms with E-state index in [4.69, 9.17) is 18.8 Å². The van der Waals surface area contributed by atoms with E-state index in [0.717, 1.165) is 0 Å². The molecule has 0 spiro atoms. The zero-order valence-corrected chi connectivity index (χ0v) is 21.1. The van der Waals surface area contributed by atoms with Gasteiger partial charge in [-0.15, -0.1) is 0 Å². The van der Waals surface area contributed by atoms with Crippen LogP contribution in [0.3, 0.4) is 0 Å². The van der Waals surface area contributed by atoms with E-state index in [-0.39, 0.29) is 0 Å². The summed E-state index contributed by atoms with van der Waals surface area (Å²) in [7, 11) is 15.2. The summed E-state index contributed by atoms with van der Waals surface area (Å²) in [5.41, 5.74) is 0. The van der Waals surface area contributed by atoms with Gasteiger partial charge in [-0.25, -0.2) is 0 Å². The minimum absolute atomic E-state index is 0.841. The molecule has 0 saturated carbocycles. The monoisotopic (exact) mass is 635 g/mol. The number of hydrogen-bond donors (Lipinski definition) is 0. The molecule has 0 amide bonds. The van der Waals surface area contributed by atoms with Gasteiger partial charge in [0.2, 0.25) is 0 Å². The third kappa shape index (κ3) is 4.85. The van der Waals surface area contributed by atoms with Crippen molar-refractivity contribution in [3.63, 3.8) is 0 Å². The average molecular weight is 636 g/mol. The molecule has 0 bridgehead atoms. The summed E-state index contributed by atoms with van der Waals surface area (Å²) in [5, 5.41) is 5.04. The summed E-state index contributed by atoms with van der Waals surface area (Å²) in [6, 6.07) is 40.7. The predicted octanol–water partition coefficient (Wildman–Crippen LogP) is 6.54. The van der Waals surface area contributed by atoms with E-state index in [0.29, 0.717) is 0 Å². The third-order valence-corrected chi connectivity index (χ3v) is 38.9. The fraction of sp³-hybridized carbons (Fsp3) is 0. The summed E-state index contributed by atoms with van der Waals surface area (Å²) < 4.78 is 0. The minimum atomic E-state index is -3.41. The van der Waals surface area contributed by atoms with Gasteiger partial charge in [0.25, 0.3) is 0 Å². The number of benzene rings is 4. The van der Waals surface area contributed by atoms with E-state index in [9.17, 15) is 0 Å². The van der Waals surface area contributed by atoms with Gasteiger partial charge >= 0.3 is 186 Å². The summed E-state index contributed by atoms with van der Waals surface area (Å²) in [4.78, 5) is 0. The molecule has 0 aliphatic rings. The Hall–Kier alpha value is -0.992. The molecule has 0 heterocycles. The molecular formula is C24H20Cl2P2Pt. The Kier molecular flexibility index (Phi) is 7.24. The molecule has 0 fully saturated rings. The van der Waals surface area contributed by atoms with Gasteiger partial charge in [0.1, 0.15) is 0 Å². The van der Waals surface area contributed by atoms with Crippen molar-refractivity contribution in [2.45, 2.75) is 0 Å². The van der Waals surface area contributed by atoms with E-state index in [1.54, 1.807) is 0 Å². The topological polar surface area (TPSA) is 0 Å². The van der Waals surface area contributed by atoms with Crippen molar-refractivity contribution in [2.24, 2.45) is 0 Å². The van der Waals surface area contributed by atoms with Crippen molar-refractivity contribution in [3.05, 3.63) is 121 Å². The van der Waals surface area contributed by atoms with E-state index >= 15 is 0 Å². The van der Waals surface area contributed by atoms with Crippen molar-refractivity contribution in [1.29, 1.82) is 0 Å². The Morgan fingerprint density at radius 1 is 0.379 bits per heavy atom. The summed E-state index contributed by atoms with van der Waals surface area (Å²) in [6.07, 6.45) is 0. The SMILES string of the molecule is [Cl][Pt]([Cl])([P](c1ccccc1)c1ccccc1)[P](c1ccccc1)c1ccccc1. The molecule has 0 nitrogen and oxygen atoms in total. The molecule has 0 radical (unpaired) electrons. The normalized spacial score (nSPS) is 12.3. The quantitative estimate of drug-likeness (QED) is 0.211. The van der Waals surface area contributed by atoms with Crippen LogP contribution < -0.4 is 21.2 Å². The van der Waals surface area contributed by atoms with Crippen molar-refractivity contribution < 1.29 is 13.0 Å². The molecule has 0 atom stereocenters. The molecule has 5 heteroatoms. The molecule has 4 rings (SSSR count). The van der Waals surface area contributed by atoms with Crippen LogP contribution in [0.1, 0.15) is 0 Å². The second-order valence-electron chi connectivity index (χ2n) is 6.17. The second kappa shape index (κ2) is 9.88. The number of hydrogen-bond acceptors (Lipinski definition) is 0. The summed E-state index contributed by atoms with van der Waals surface area (Å²) in [5.74, 6) is 0. The maximum absolute atomic E-state index is 7.61. The standard InChI is InChI=1S/2C12H10P.2ClH.Pt/c2*1-3-7-11(8-4-1)13-12-9-5-2-6-10-12;;;/h2*1-10H;2*1H;/q2*-1;;;+4/p-2. The molecule has 0 aromatic heterocycles. The fourth-order valence-electron chi connectivity index (χ4n) is 2.95. The van der Waals surface area contributed by atoms with Crippen molar-refractivity contribution in [2.75, 3.05) is 0 Å². The Labute approximate surface area is 185 Å². The average Bonchev–Trinajstić information content (AvgIpc) is 2.77. The van der Waals surface area contributed by atoms with Crippen LogP contribution >= 0.6 is 30.9 Å². The van der Waals surface area contributed by atoms with Crippen LogP contribution in [0.5, 0.6) is 0 Å². The molecule has 0 aliphatic carbocycles. The van der Waals surface area contributed by atoms with Gasteiger partial charge in [-0.05, 0) is 0 Å². The van der Waals surface area contributed by atoms with Gasteiger partial charge in [-0.3, -0.25) is 0 Å². The zero-order valence-electron chi connectivity index (χ0n) is 15.5. The first-order chi connectivity index (χ1) is 14.2. The summed E-state index contributed by atoms with van der Waals surface area (Å²) >= 11 is -3.41. The van der Waals surface area contributed by atoms with Crippen LogP contribution in [0, 0.1) is 0 Å². The summed E-state index contributed by atoms with van der Waals surface area (Å²) in [6.45, 7) is 0. The first-order valence-electron chi connectivity index (χ1n) is 9.06. The predicted molar refractivity (Wildman–Crippen MR) is 130 cm³/mol. The van der Waals surface area contributed by atoms with E-state index in [2.05, 4.69) is 121 Å².